The summed E-state index contributed by atoms with van der Waals surface area (Å²) in [5.41, 5.74) is 1.24. The fourth-order valence-corrected chi connectivity index (χ4v) is 4.07. The minimum Gasteiger partial charge on any atom is -0.494 e. The summed E-state index contributed by atoms with van der Waals surface area (Å²) in [6.07, 6.45) is 0. The number of nitrogens with zero attached hydrogens (tertiary/aromatic N) is 6. The van der Waals surface area contributed by atoms with Crippen LogP contribution >= 0.6 is 15.9 Å². The highest BCUT2D eigenvalue weighted by molar-refractivity contribution is 9.10. The molecule has 2 amide bonds. The number of amides is 2. The number of carbonyl (C=O) groups excluding carboxylic acids is 2. The van der Waals surface area contributed by atoms with Gasteiger partial charge in [0, 0.05) is 10.0 Å². The zero-order valence-corrected chi connectivity index (χ0v) is 18.5. The summed E-state index contributed by atoms with van der Waals surface area (Å²) in [5.74, 6) is 0.518. The number of halogens is 1. The van der Waals surface area contributed by atoms with Crippen LogP contribution in [0.15, 0.2) is 67.9 Å². The lowest BCUT2D eigenvalue weighted by Gasteiger charge is -2.19. The summed E-state index contributed by atoms with van der Waals surface area (Å²) < 4.78 is 11.6. The molecule has 0 unspecified atom stereocenters. The summed E-state index contributed by atoms with van der Waals surface area (Å²) in [6.45, 7) is 2.47. The predicted octanol–water partition coefficient (Wildman–Crippen LogP) is 3.39. The smallest absolute Gasteiger partial charge is 0.263 e. The number of ether oxygens (including phenoxy) is 1. The number of imide groups is 1. The summed E-state index contributed by atoms with van der Waals surface area (Å²) in [5, 5.41) is 13.4. The fourth-order valence-electron chi connectivity index (χ4n) is 3.67. The van der Waals surface area contributed by atoms with E-state index in [0.29, 0.717) is 23.9 Å². The molecule has 2 atom stereocenters. The first-order valence-corrected chi connectivity index (χ1v) is 10.7. The molecule has 0 bridgehead atoms. The lowest BCUT2D eigenvalue weighted by atomic mass is 10.1. The standard InChI is InChI=1S/C21H17BrN6O4/c1-2-31-15-8-6-14(7-9-15)28-20(29)17-18(21(28)30)27(26-24-17)11-16-23-19(25-32-16)12-4-3-5-13(22)10-12/h3-10,17-18H,2,11H2,1H3/t17-,18-/m0/s1. The average Bonchev–Trinajstić information content (AvgIpc) is 3.48. The maximum atomic E-state index is 13.1. The lowest BCUT2D eigenvalue weighted by Crippen LogP contribution is -2.39. The molecule has 32 heavy (non-hydrogen) atoms. The first kappa shape index (κ1) is 20.3. The molecule has 2 aromatic carbocycles. The number of aromatic nitrogens is 2. The molecule has 3 heterocycles. The van der Waals surface area contributed by atoms with Gasteiger partial charge >= 0.3 is 0 Å². The van der Waals surface area contributed by atoms with Crippen LogP contribution in [0.3, 0.4) is 0 Å². The van der Waals surface area contributed by atoms with Crippen LogP contribution in [0.25, 0.3) is 11.4 Å². The highest BCUT2D eigenvalue weighted by atomic mass is 79.9. The van der Waals surface area contributed by atoms with Crippen LogP contribution in [0.4, 0.5) is 5.69 Å². The van der Waals surface area contributed by atoms with E-state index < -0.39 is 23.9 Å². The number of hydrogen-bond donors (Lipinski definition) is 0. The quantitative estimate of drug-likeness (QED) is 0.480. The Morgan fingerprint density at radius 1 is 1.12 bits per heavy atom. The largest absolute Gasteiger partial charge is 0.494 e. The molecule has 0 radical (unpaired) electrons. The van der Waals surface area contributed by atoms with Crippen molar-refractivity contribution in [3.05, 3.63) is 58.9 Å². The van der Waals surface area contributed by atoms with E-state index >= 15 is 0 Å². The maximum Gasteiger partial charge on any atom is 0.263 e. The third-order valence-corrected chi connectivity index (χ3v) is 5.61. The molecule has 5 rings (SSSR count). The third-order valence-electron chi connectivity index (χ3n) is 5.11. The number of hydrogen-bond acceptors (Lipinski definition) is 9. The molecule has 1 aromatic heterocycles. The average molecular weight is 497 g/mol. The van der Waals surface area contributed by atoms with E-state index in [4.69, 9.17) is 9.26 Å². The van der Waals surface area contributed by atoms with Gasteiger partial charge < -0.3 is 9.26 Å². The highest BCUT2D eigenvalue weighted by Crippen LogP contribution is 2.33. The van der Waals surface area contributed by atoms with Gasteiger partial charge in [0.1, 0.15) is 12.3 Å². The van der Waals surface area contributed by atoms with Gasteiger partial charge in [-0.25, -0.2) is 4.90 Å². The third kappa shape index (κ3) is 3.54. The van der Waals surface area contributed by atoms with Gasteiger partial charge in [-0.15, -0.1) is 0 Å². The van der Waals surface area contributed by atoms with Gasteiger partial charge in [0.05, 0.1) is 12.3 Å². The maximum absolute atomic E-state index is 13.1. The Kier molecular flexibility index (Phi) is 5.17. The SMILES string of the molecule is CCOc1ccc(N2C(=O)[C@H]3N=NN(Cc4nc(-c5cccc(Br)c5)no4)[C@@H]3C2=O)cc1. The van der Waals surface area contributed by atoms with Crippen molar-refractivity contribution in [1.29, 1.82) is 0 Å². The van der Waals surface area contributed by atoms with Crippen LogP contribution < -0.4 is 9.64 Å². The van der Waals surface area contributed by atoms with Crippen molar-refractivity contribution in [1.82, 2.24) is 15.1 Å². The highest BCUT2D eigenvalue weighted by Gasteiger charge is 2.55. The van der Waals surface area contributed by atoms with Gasteiger partial charge in [-0.05, 0) is 43.3 Å². The second-order valence-corrected chi connectivity index (χ2v) is 8.07. The molecule has 11 heteroatoms. The van der Waals surface area contributed by atoms with Crippen LogP contribution in [0, 0.1) is 0 Å². The Balaban J connectivity index is 1.34. The molecule has 3 aromatic rings. The molecule has 0 N–H and O–H groups in total. The molecule has 0 saturated carbocycles. The number of fused-ring (bicyclic) bond motifs is 1. The van der Waals surface area contributed by atoms with Gasteiger partial charge in [0.2, 0.25) is 11.7 Å². The zero-order chi connectivity index (χ0) is 22.2. The predicted molar refractivity (Wildman–Crippen MR) is 116 cm³/mol. The summed E-state index contributed by atoms with van der Waals surface area (Å²) in [6, 6.07) is 12.5. The van der Waals surface area contributed by atoms with Crippen molar-refractivity contribution in [3.63, 3.8) is 0 Å². The van der Waals surface area contributed by atoms with E-state index in [9.17, 15) is 9.59 Å². The Morgan fingerprint density at radius 3 is 2.69 bits per heavy atom. The molecule has 2 aliphatic heterocycles. The van der Waals surface area contributed by atoms with Gasteiger partial charge in [-0.3, -0.25) is 14.6 Å². The van der Waals surface area contributed by atoms with Gasteiger partial charge in [-0.2, -0.15) is 10.1 Å². The van der Waals surface area contributed by atoms with Crippen molar-refractivity contribution in [2.45, 2.75) is 25.6 Å². The summed E-state index contributed by atoms with van der Waals surface area (Å²) >= 11 is 3.41. The molecular formula is C21H17BrN6O4. The number of rotatable bonds is 6. The second-order valence-electron chi connectivity index (χ2n) is 7.15. The second kappa shape index (κ2) is 8.15. The molecule has 1 fully saturated rings. The number of carbonyl (C=O) groups is 2. The summed E-state index contributed by atoms with van der Waals surface area (Å²) in [7, 11) is 0. The monoisotopic (exact) mass is 496 g/mol. The van der Waals surface area contributed by atoms with Crippen LogP contribution in [0.1, 0.15) is 12.8 Å². The van der Waals surface area contributed by atoms with E-state index in [2.05, 4.69) is 36.4 Å². The topological polar surface area (TPSA) is 113 Å². The first-order valence-electron chi connectivity index (χ1n) is 9.92. The van der Waals surface area contributed by atoms with E-state index in [1.165, 1.54) is 5.01 Å². The number of anilines is 1. The number of benzene rings is 2. The van der Waals surface area contributed by atoms with Gasteiger partial charge in [0.15, 0.2) is 12.1 Å². The van der Waals surface area contributed by atoms with Gasteiger partial charge in [0.25, 0.3) is 11.8 Å². The molecule has 1 saturated heterocycles. The molecule has 0 aliphatic carbocycles. The van der Waals surface area contributed by atoms with E-state index in [1.807, 2.05) is 31.2 Å². The van der Waals surface area contributed by atoms with E-state index in [1.54, 1.807) is 24.3 Å². The zero-order valence-electron chi connectivity index (χ0n) is 16.9. The van der Waals surface area contributed by atoms with Crippen LogP contribution in [0.2, 0.25) is 0 Å². The Morgan fingerprint density at radius 2 is 1.94 bits per heavy atom. The molecule has 2 aliphatic rings. The van der Waals surface area contributed by atoms with Crippen molar-refractivity contribution in [3.8, 4) is 17.1 Å². The normalized spacial score (nSPS) is 19.7. The van der Waals surface area contributed by atoms with Crippen molar-refractivity contribution >= 4 is 33.4 Å². The van der Waals surface area contributed by atoms with Crippen molar-refractivity contribution in [2.75, 3.05) is 11.5 Å². The minimum absolute atomic E-state index is 0.0573. The molecule has 162 valence electrons. The van der Waals surface area contributed by atoms with Crippen LogP contribution in [-0.2, 0) is 16.1 Å². The van der Waals surface area contributed by atoms with Crippen LogP contribution in [-0.4, -0.2) is 45.7 Å². The van der Waals surface area contributed by atoms with E-state index in [0.717, 1.165) is 14.9 Å². The Labute approximate surface area is 191 Å². The van der Waals surface area contributed by atoms with Crippen molar-refractivity contribution in [2.24, 2.45) is 10.3 Å². The minimum atomic E-state index is -0.901. The lowest BCUT2D eigenvalue weighted by molar-refractivity contribution is -0.123. The molecular weight excluding hydrogens is 480 g/mol. The van der Waals surface area contributed by atoms with Crippen LogP contribution in [0.5, 0.6) is 5.75 Å². The van der Waals surface area contributed by atoms with Gasteiger partial charge in [-0.1, -0.05) is 38.4 Å². The Bertz CT molecular complexity index is 1210. The van der Waals surface area contributed by atoms with E-state index in [-0.39, 0.29) is 12.4 Å². The summed E-state index contributed by atoms with van der Waals surface area (Å²) in [4.78, 5) is 31.5. The fraction of sp³-hybridized carbons (Fsp3) is 0.238. The van der Waals surface area contributed by atoms with Crippen molar-refractivity contribution < 1.29 is 18.8 Å². The first-order chi connectivity index (χ1) is 15.5. The molecule has 10 nitrogen and oxygen atoms in total. The molecule has 0 spiro atoms. The Hall–Kier alpha value is -3.60.